The predicted octanol–water partition coefficient (Wildman–Crippen LogP) is 2.08. The number of nitrogens with two attached hydrogens (primary N) is 1. The fourth-order valence-corrected chi connectivity index (χ4v) is 2.79. The van der Waals surface area contributed by atoms with Crippen LogP contribution in [0.5, 0.6) is 0 Å². The van der Waals surface area contributed by atoms with Gasteiger partial charge in [-0.25, -0.2) is 0 Å². The van der Waals surface area contributed by atoms with Crippen molar-refractivity contribution in [1.29, 1.82) is 0 Å². The summed E-state index contributed by atoms with van der Waals surface area (Å²) < 4.78 is 1.42. The highest BCUT2D eigenvalue weighted by Gasteiger charge is 2.19. The summed E-state index contributed by atoms with van der Waals surface area (Å²) in [5.74, 6) is 0. The molecule has 0 aromatic heterocycles. The molecule has 0 amide bonds. The van der Waals surface area contributed by atoms with Gasteiger partial charge in [0.15, 0.2) is 0 Å². The lowest BCUT2D eigenvalue weighted by molar-refractivity contribution is -0.704. The van der Waals surface area contributed by atoms with Gasteiger partial charge in [0.2, 0.25) is 0 Å². The van der Waals surface area contributed by atoms with E-state index in [0.29, 0.717) is 0 Å². The molecule has 0 spiro atoms. The number of rotatable bonds is 1. The van der Waals surface area contributed by atoms with Crippen molar-refractivity contribution in [3.63, 3.8) is 0 Å². The minimum Gasteiger partial charge on any atom is -0.340 e. The highest BCUT2D eigenvalue weighted by molar-refractivity contribution is 14.1. The summed E-state index contributed by atoms with van der Waals surface area (Å²) in [5, 5.41) is 2.49. The van der Waals surface area contributed by atoms with E-state index in [1.54, 1.807) is 0 Å². The van der Waals surface area contributed by atoms with Gasteiger partial charge in [0.25, 0.3) is 0 Å². The van der Waals surface area contributed by atoms with E-state index in [0.717, 1.165) is 6.04 Å². The van der Waals surface area contributed by atoms with Gasteiger partial charge in [0, 0.05) is 15.6 Å². The monoisotopic (exact) mass is 288 g/mol. The Hall–Kier alpha value is -0.0900. The molecule has 1 saturated heterocycles. The molecule has 2 heteroatoms. The van der Waals surface area contributed by atoms with E-state index in [1.165, 1.54) is 34.9 Å². The first kappa shape index (κ1) is 9.46. The molecule has 2 rings (SSSR count). The van der Waals surface area contributed by atoms with Crippen molar-refractivity contribution in [2.24, 2.45) is 0 Å². The summed E-state index contributed by atoms with van der Waals surface area (Å²) in [6.45, 7) is 1.30. The van der Waals surface area contributed by atoms with Gasteiger partial charge < -0.3 is 5.32 Å². The Morgan fingerprint density at radius 3 is 2.77 bits per heavy atom. The lowest BCUT2D eigenvalue weighted by atomic mass is 9.98. The van der Waals surface area contributed by atoms with E-state index in [-0.39, 0.29) is 0 Å². The van der Waals surface area contributed by atoms with Crippen molar-refractivity contribution in [2.45, 2.75) is 25.3 Å². The minimum atomic E-state index is 0.724. The van der Waals surface area contributed by atoms with E-state index in [2.05, 4.69) is 52.2 Å². The van der Waals surface area contributed by atoms with Gasteiger partial charge in [-0.15, -0.1) is 0 Å². The van der Waals surface area contributed by atoms with Crippen LogP contribution in [0.25, 0.3) is 0 Å². The molecule has 0 unspecified atom stereocenters. The third-order valence-corrected chi connectivity index (χ3v) is 3.71. The summed E-state index contributed by atoms with van der Waals surface area (Å²) in [6, 6.07) is 9.47. The van der Waals surface area contributed by atoms with Gasteiger partial charge in [-0.05, 0) is 41.5 Å². The number of hydrogen-bond acceptors (Lipinski definition) is 0. The molecule has 1 aliphatic rings. The highest BCUT2D eigenvalue weighted by Crippen LogP contribution is 2.22. The highest BCUT2D eigenvalue weighted by atomic mass is 127. The number of benzene rings is 1. The lowest BCUT2D eigenvalue weighted by Crippen LogP contribution is -2.86. The summed E-state index contributed by atoms with van der Waals surface area (Å²) >= 11 is 2.44. The van der Waals surface area contributed by atoms with Gasteiger partial charge in [-0.3, -0.25) is 0 Å². The van der Waals surface area contributed by atoms with Crippen LogP contribution in [0.1, 0.15) is 30.9 Å². The van der Waals surface area contributed by atoms with Crippen molar-refractivity contribution in [1.82, 2.24) is 0 Å². The SMILES string of the molecule is Ic1ccccc1[C@@H]1CCCC[NH2+]1. The smallest absolute Gasteiger partial charge is 0.113 e. The fourth-order valence-electron chi connectivity index (χ4n) is 2.00. The molecule has 0 saturated carbocycles. The minimum absolute atomic E-state index is 0.724. The van der Waals surface area contributed by atoms with Crippen LogP contribution in [0, 0.1) is 3.57 Å². The van der Waals surface area contributed by atoms with Crippen LogP contribution in [-0.2, 0) is 0 Å². The molecular formula is C11H15IN+. The first-order chi connectivity index (χ1) is 6.38. The number of halogens is 1. The largest absolute Gasteiger partial charge is 0.340 e. The van der Waals surface area contributed by atoms with E-state index in [4.69, 9.17) is 0 Å². The predicted molar refractivity (Wildman–Crippen MR) is 62.5 cm³/mol. The Kier molecular flexibility index (Phi) is 3.22. The summed E-state index contributed by atoms with van der Waals surface area (Å²) in [6.07, 6.45) is 4.13. The molecule has 0 radical (unpaired) electrons. The van der Waals surface area contributed by atoms with Crippen molar-refractivity contribution in [3.05, 3.63) is 33.4 Å². The van der Waals surface area contributed by atoms with Gasteiger partial charge in [-0.1, -0.05) is 18.2 Å². The Labute approximate surface area is 93.1 Å². The van der Waals surface area contributed by atoms with Crippen LogP contribution in [0.3, 0.4) is 0 Å². The maximum Gasteiger partial charge on any atom is 0.113 e. The van der Waals surface area contributed by atoms with Crippen LogP contribution in [0.4, 0.5) is 0 Å². The van der Waals surface area contributed by atoms with E-state index in [9.17, 15) is 0 Å². The number of piperidine rings is 1. The summed E-state index contributed by atoms with van der Waals surface area (Å²) in [7, 11) is 0. The van der Waals surface area contributed by atoms with Gasteiger partial charge in [-0.2, -0.15) is 0 Å². The Bertz CT molecular complexity index is 279. The molecular weight excluding hydrogens is 273 g/mol. The van der Waals surface area contributed by atoms with Gasteiger partial charge in [0.1, 0.15) is 6.04 Å². The fraction of sp³-hybridized carbons (Fsp3) is 0.455. The zero-order valence-electron chi connectivity index (χ0n) is 7.67. The first-order valence-corrected chi connectivity index (χ1v) is 6.03. The van der Waals surface area contributed by atoms with E-state index < -0.39 is 0 Å². The summed E-state index contributed by atoms with van der Waals surface area (Å²) in [4.78, 5) is 0. The molecule has 1 aromatic rings. The second-order valence-electron chi connectivity index (χ2n) is 3.65. The Morgan fingerprint density at radius 2 is 2.08 bits per heavy atom. The van der Waals surface area contributed by atoms with Crippen LogP contribution < -0.4 is 5.32 Å². The van der Waals surface area contributed by atoms with E-state index >= 15 is 0 Å². The van der Waals surface area contributed by atoms with Crippen molar-refractivity contribution < 1.29 is 5.32 Å². The molecule has 1 heterocycles. The topological polar surface area (TPSA) is 16.6 Å². The molecule has 1 aromatic carbocycles. The molecule has 2 N–H and O–H groups in total. The van der Waals surface area contributed by atoms with Crippen molar-refractivity contribution >= 4 is 22.6 Å². The quantitative estimate of drug-likeness (QED) is 0.762. The third kappa shape index (κ3) is 2.23. The third-order valence-electron chi connectivity index (χ3n) is 2.73. The van der Waals surface area contributed by atoms with E-state index in [1.807, 2.05) is 0 Å². The molecule has 1 aliphatic heterocycles. The standard InChI is InChI=1S/C11H14IN/c12-10-6-2-1-5-9(10)11-7-3-4-8-13-11/h1-2,5-6,11,13H,3-4,7-8H2/p+1/t11-/m0/s1. The Morgan fingerprint density at radius 1 is 1.23 bits per heavy atom. The first-order valence-electron chi connectivity index (χ1n) is 4.95. The molecule has 13 heavy (non-hydrogen) atoms. The molecule has 1 fully saturated rings. The molecule has 1 nitrogen and oxygen atoms in total. The maximum absolute atomic E-state index is 2.49. The zero-order valence-corrected chi connectivity index (χ0v) is 9.83. The van der Waals surface area contributed by atoms with Crippen molar-refractivity contribution in [2.75, 3.05) is 6.54 Å². The van der Waals surface area contributed by atoms with Crippen LogP contribution in [-0.4, -0.2) is 6.54 Å². The normalized spacial score (nSPS) is 23.0. The van der Waals surface area contributed by atoms with Gasteiger partial charge >= 0.3 is 0 Å². The average molecular weight is 288 g/mol. The summed E-state index contributed by atoms with van der Waals surface area (Å²) in [5.41, 5.74) is 1.53. The molecule has 70 valence electrons. The molecule has 0 bridgehead atoms. The lowest BCUT2D eigenvalue weighted by Gasteiger charge is -2.21. The second kappa shape index (κ2) is 4.42. The number of quaternary nitrogens is 1. The average Bonchev–Trinajstić information content (AvgIpc) is 2.20. The van der Waals surface area contributed by atoms with Crippen molar-refractivity contribution in [3.8, 4) is 0 Å². The van der Waals surface area contributed by atoms with Crippen LogP contribution in [0.2, 0.25) is 0 Å². The van der Waals surface area contributed by atoms with Crippen LogP contribution >= 0.6 is 22.6 Å². The molecule has 0 aliphatic carbocycles. The zero-order chi connectivity index (χ0) is 9.10. The van der Waals surface area contributed by atoms with Crippen LogP contribution in [0.15, 0.2) is 24.3 Å². The maximum atomic E-state index is 2.49. The second-order valence-corrected chi connectivity index (χ2v) is 4.81. The Balaban J connectivity index is 2.18. The number of hydrogen-bond donors (Lipinski definition) is 1. The van der Waals surface area contributed by atoms with Gasteiger partial charge in [0.05, 0.1) is 6.54 Å². The molecule has 1 atom stereocenters.